The van der Waals surface area contributed by atoms with Crippen LogP contribution in [0.4, 0.5) is 0 Å². The minimum Gasteiger partial charge on any atom is -0.453 e. The minimum atomic E-state index is 0.432. The fraction of sp³-hybridized carbons (Fsp3) is 0.222. The lowest BCUT2D eigenvalue weighted by Crippen LogP contribution is -1.92. The Hall–Kier alpha value is -1.20. The molecule has 0 saturated heterocycles. The lowest BCUT2D eigenvalue weighted by molar-refractivity contribution is 0.432. The normalized spacial score (nSPS) is 10.7. The summed E-state index contributed by atoms with van der Waals surface area (Å²) < 4.78 is 7.39. The molecule has 0 aliphatic rings. The van der Waals surface area contributed by atoms with E-state index in [1.807, 2.05) is 29.9 Å². The summed E-state index contributed by atoms with van der Waals surface area (Å²) >= 11 is 1.49. The van der Waals surface area contributed by atoms with Crippen LogP contribution in [0.5, 0.6) is 0 Å². The van der Waals surface area contributed by atoms with Crippen LogP contribution in [0.1, 0.15) is 5.76 Å². The van der Waals surface area contributed by atoms with Gasteiger partial charge in [0.1, 0.15) is 5.76 Å². The smallest absolute Gasteiger partial charge is 0.175 e. The van der Waals surface area contributed by atoms with Crippen LogP contribution in [0.25, 0.3) is 0 Å². The van der Waals surface area contributed by atoms with E-state index in [9.17, 15) is 0 Å². The summed E-state index contributed by atoms with van der Waals surface area (Å²) in [4.78, 5) is 4.18. The average molecular weight is 209 g/mol. The molecule has 14 heavy (non-hydrogen) atoms. The average Bonchev–Trinajstić information content (AvgIpc) is 2.77. The molecule has 0 aliphatic carbocycles. The molecule has 0 saturated carbocycles. The van der Waals surface area contributed by atoms with Gasteiger partial charge in [-0.2, -0.15) is 0 Å². The Kier molecular flexibility index (Phi) is 2.60. The van der Waals surface area contributed by atoms with E-state index in [-0.39, 0.29) is 0 Å². The van der Waals surface area contributed by atoms with Crippen molar-refractivity contribution in [1.82, 2.24) is 9.55 Å². The quantitative estimate of drug-likeness (QED) is 0.834. The van der Waals surface area contributed by atoms with Crippen LogP contribution in [-0.4, -0.2) is 9.55 Å². The molecule has 4 nitrogen and oxygen atoms in total. The summed E-state index contributed by atoms with van der Waals surface area (Å²) in [6.45, 7) is 0.432. The highest BCUT2D eigenvalue weighted by atomic mass is 32.2. The molecule has 2 aromatic rings. The maximum atomic E-state index is 5.45. The van der Waals surface area contributed by atoms with Crippen molar-refractivity contribution < 1.29 is 4.42 Å². The van der Waals surface area contributed by atoms with Crippen molar-refractivity contribution >= 4 is 11.8 Å². The zero-order chi connectivity index (χ0) is 9.97. The van der Waals surface area contributed by atoms with Crippen molar-refractivity contribution in [2.45, 2.75) is 16.8 Å². The van der Waals surface area contributed by atoms with Crippen LogP contribution in [-0.2, 0) is 13.6 Å². The molecular weight excluding hydrogens is 198 g/mol. The van der Waals surface area contributed by atoms with Crippen LogP contribution >= 0.6 is 11.8 Å². The van der Waals surface area contributed by atoms with Gasteiger partial charge in [-0.1, -0.05) is 0 Å². The van der Waals surface area contributed by atoms with Gasteiger partial charge < -0.3 is 14.7 Å². The first-order valence-corrected chi connectivity index (χ1v) is 5.05. The maximum Gasteiger partial charge on any atom is 0.175 e. The van der Waals surface area contributed by atoms with Crippen molar-refractivity contribution in [2.75, 3.05) is 0 Å². The molecule has 0 spiro atoms. The third-order valence-corrected chi connectivity index (χ3v) is 2.80. The van der Waals surface area contributed by atoms with Gasteiger partial charge in [0.25, 0.3) is 0 Å². The van der Waals surface area contributed by atoms with E-state index in [0.29, 0.717) is 6.54 Å². The molecule has 0 bridgehead atoms. The third-order valence-electron chi connectivity index (χ3n) is 1.81. The summed E-state index contributed by atoms with van der Waals surface area (Å²) in [5, 5.41) is 1.72. The largest absolute Gasteiger partial charge is 0.453 e. The van der Waals surface area contributed by atoms with Crippen molar-refractivity contribution in [3.8, 4) is 0 Å². The molecule has 0 radical (unpaired) electrons. The number of nitrogens with zero attached hydrogens (tertiary/aromatic N) is 2. The standard InChI is InChI=1S/C9H11N3OS/c1-12-5-4-11-9(12)14-8-3-2-7(6-10)13-8/h2-5H,6,10H2,1H3. The zero-order valence-electron chi connectivity index (χ0n) is 7.80. The van der Waals surface area contributed by atoms with Gasteiger partial charge in [0.05, 0.1) is 6.54 Å². The predicted molar refractivity (Wildman–Crippen MR) is 53.9 cm³/mol. The zero-order valence-corrected chi connectivity index (χ0v) is 8.62. The van der Waals surface area contributed by atoms with Crippen LogP contribution in [0.2, 0.25) is 0 Å². The van der Waals surface area contributed by atoms with Gasteiger partial charge in [-0.25, -0.2) is 4.98 Å². The number of hydrogen-bond donors (Lipinski definition) is 1. The van der Waals surface area contributed by atoms with E-state index in [4.69, 9.17) is 10.2 Å². The van der Waals surface area contributed by atoms with Gasteiger partial charge in [0, 0.05) is 19.4 Å². The van der Waals surface area contributed by atoms with Gasteiger partial charge in [0.2, 0.25) is 0 Å². The molecule has 2 heterocycles. The van der Waals surface area contributed by atoms with E-state index in [1.54, 1.807) is 6.20 Å². The highest BCUT2D eigenvalue weighted by molar-refractivity contribution is 7.99. The number of aryl methyl sites for hydroxylation is 1. The number of rotatable bonds is 3. The Balaban J connectivity index is 2.15. The fourth-order valence-corrected chi connectivity index (χ4v) is 1.85. The molecule has 0 aliphatic heterocycles. The maximum absolute atomic E-state index is 5.45. The molecular formula is C9H11N3OS. The number of hydrogen-bond acceptors (Lipinski definition) is 4. The van der Waals surface area contributed by atoms with Crippen molar-refractivity contribution in [3.63, 3.8) is 0 Å². The van der Waals surface area contributed by atoms with Crippen LogP contribution < -0.4 is 5.73 Å². The van der Waals surface area contributed by atoms with Gasteiger partial charge in [-0.05, 0) is 23.9 Å². The molecule has 2 rings (SSSR count). The third kappa shape index (κ3) is 1.83. The lowest BCUT2D eigenvalue weighted by Gasteiger charge is -1.97. The van der Waals surface area contributed by atoms with Gasteiger partial charge in [0.15, 0.2) is 10.2 Å². The van der Waals surface area contributed by atoms with Crippen molar-refractivity contribution in [2.24, 2.45) is 12.8 Å². The molecule has 2 aromatic heterocycles. The second-order valence-electron chi connectivity index (χ2n) is 2.85. The van der Waals surface area contributed by atoms with Gasteiger partial charge in [-0.15, -0.1) is 0 Å². The minimum absolute atomic E-state index is 0.432. The van der Waals surface area contributed by atoms with Crippen molar-refractivity contribution in [1.29, 1.82) is 0 Å². The van der Waals surface area contributed by atoms with Crippen LogP contribution in [0, 0.1) is 0 Å². The summed E-state index contributed by atoms with van der Waals surface area (Å²) in [7, 11) is 1.95. The number of furan rings is 1. The fourth-order valence-electron chi connectivity index (χ4n) is 1.06. The second kappa shape index (κ2) is 3.89. The highest BCUT2D eigenvalue weighted by Crippen LogP contribution is 2.27. The molecule has 0 atom stereocenters. The monoisotopic (exact) mass is 209 g/mol. The predicted octanol–water partition coefficient (Wildman–Crippen LogP) is 1.62. The molecule has 5 heteroatoms. The Bertz CT molecular complexity index is 421. The Morgan fingerprint density at radius 2 is 2.43 bits per heavy atom. The highest BCUT2D eigenvalue weighted by Gasteiger charge is 2.06. The van der Waals surface area contributed by atoms with Crippen molar-refractivity contribution in [3.05, 3.63) is 30.3 Å². The summed E-state index contributed by atoms with van der Waals surface area (Å²) in [6, 6.07) is 3.78. The van der Waals surface area contributed by atoms with Gasteiger partial charge >= 0.3 is 0 Å². The molecule has 0 aromatic carbocycles. The topological polar surface area (TPSA) is 57.0 Å². The van der Waals surface area contributed by atoms with E-state index in [2.05, 4.69) is 4.98 Å². The molecule has 0 fully saturated rings. The summed E-state index contributed by atoms with van der Waals surface area (Å²) in [5.41, 5.74) is 5.44. The molecule has 74 valence electrons. The first kappa shape index (κ1) is 9.36. The van der Waals surface area contributed by atoms with Gasteiger partial charge in [-0.3, -0.25) is 0 Å². The Labute approximate surface area is 86.1 Å². The first-order valence-electron chi connectivity index (χ1n) is 4.23. The van der Waals surface area contributed by atoms with E-state index in [1.165, 1.54) is 11.8 Å². The SMILES string of the molecule is Cn1ccnc1Sc1ccc(CN)o1. The molecule has 0 unspecified atom stereocenters. The summed E-state index contributed by atoms with van der Waals surface area (Å²) in [6.07, 6.45) is 3.66. The Morgan fingerprint density at radius 3 is 3.00 bits per heavy atom. The molecule has 2 N–H and O–H groups in total. The Morgan fingerprint density at radius 1 is 1.57 bits per heavy atom. The van der Waals surface area contributed by atoms with Crippen LogP contribution in [0.15, 0.2) is 39.2 Å². The van der Waals surface area contributed by atoms with E-state index >= 15 is 0 Å². The van der Waals surface area contributed by atoms with E-state index in [0.717, 1.165) is 16.0 Å². The number of imidazole rings is 1. The van der Waals surface area contributed by atoms with E-state index < -0.39 is 0 Å². The number of nitrogens with two attached hydrogens (primary N) is 1. The first-order chi connectivity index (χ1) is 6.79. The number of aromatic nitrogens is 2. The summed E-state index contributed by atoms with van der Waals surface area (Å²) in [5.74, 6) is 0.793. The second-order valence-corrected chi connectivity index (χ2v) is 3.82. The van der Waals surface area contributed by atoms with Crippen LogP contribution in [0.3, 0.4) is 0 Å². The molecule has 0 amide bonds. The lowest BCUT2D eigenvalue weighted by atomic mass is 10.5.